The van der Waals surface area contributed by atoms with E-state index in [0.29, 0.717) is 19.7 Å². The van der Waals surface area contributed by atoms with E-state index in [4.69, 9.17) is 4.74 Å². The van der Waals surface area contributed by atoms with Gasteiger partial charge in [0.2, 0.25) is 0 Å². The lowest BCUT2D eigenvalue weighted by Crippen LogP contribution is -2.31. The van der Waals surface area contributed by atoms with Gasteiger partial charge in [-0.25, -0.2) is 14.3 Å². The van der Waals surface area contributed by atoms with Gasteiger partial charge in [-0.1, -0.05) is 37.3 Å². The number of hydrogen-bond donors (Lipinski definition) is 0. The molecule has 6 nitrogen and oxygen atoms in total. The minimum Gasteiger partial charge on any atom is -0.760 e. The van der Waals surface area contributed by atoms with Gasteiger partial charge in [-0.2, -0.15) is 0 Å². The molecule has 0 spiro atoms. The van der Waals surface area contributed by atoms with Crippen LogP contribution in [0.2, 0.25) is 0 Å². The Hall–Kier alpha value is -2.61. The topological polar surface area (TPSA) is 78.4 Å². The molecule has 1 aromatic heterocycles. The predicted octanol–water partition coefficient (Wildman–Crippen LogP) is 3.87. The van der Waals surface area contributed by atoms with E-state index in [1.54, 1.807) is 0 Å². The fourth-order valence-electron chi connectivity index (χ4n) is 3.69. The highest BCUT2D eigenvalue weighted by molar-refractivity contribution is 7.76. The van der Waals surface area contributed by atoms with Gasteiger partial charge in [-0.05, 0) is 60.1 Å². The van der Waals surface area contributed by atoms with Crippen molar-refractivity contribution in [3.63, 3.8) is 0 Å². The Morgan fingerprint density at radius 2 is 1.84 bits per heavy atom. The van der Waals surface area contributed by atoms with Crippen molar-refractivity contribution in [2.24, 2.45) is 0 Å². The number of aryl methyl sites for hydroxylation is 2. The largest absolute Gasteiger partial charge is 0.760 e. The highest BCUT2D eigenvalue weighted by Crippen LogP contribution is 2.24. The molecular formula is C24H26N3O3S-. The summed E-state index contributed by atoms with van der Waals surface area (Å²) in [5.41, 5.74) is 5.64. The Morgan fingerprint density at radius 3 is 2.55 bits per heavy atom. The molecule has 3 aromatic rings. The molecule has 162 valence electrons. The Kier molecular flexibility index (Phi) is 7.06. The summed E-state index contributed by atoms with van der Waals surface area (Å²) < 4.78 is 29.6. The second-order valence-electron chi connectivity index (χ2n) is 7.68. The van der Waals surface area contributed by atoms with Crippen molar-refractivity contribution in [3.8, 4) is 17.1 Å². The van der Waals surface area contributed by atoms with E-state index in [1.165, 1.54) is 15.4 Å². The van der Waals surface area contributed by atoms with Gasteiger partial charge in [0, 0.05) is 42.3 Å². The van der Waals surface area contributed by atoms with Gasteiger partial charge in [0.15, 0.2) is 5.82 Å². The lowest BCUT2D eigenvalue weighted by atomic mass is 10.0. The van der Waals surface area contributed by atoms with Crippen LogP contribution in [0.5, 0.6) is 5.75 Å². The minimum absolute atomic E-state index is 0.440. The van der Waals surface area contributed by atoms with Gasteiger partial charge in [0.05, 0.1) is 6.61 Å². The van der Waals surface area contributed by atoms with Gasteiger partial charge >= 0.3 is 0 Å². The highest BCUT2D eigenvalue weighted by Gasteiger charge is 2.17. The van der Waals surface area contributed by atoms with Crippen LogP contribution in [0.1, 0.15) is 35.6 Å². The Bertz CT molecular complexity index is 1040. The van der Waals surface area contributed by atoms with Crippen molar-refractivity contribution in [2.45, 2.75) is 39.2 Å². The Balaban J connectivity index is 1.26. The summed E-state index contributed by atoms with van der Waals surface area (Å²) in [6.07, 6.45) is 7.28. The average molecular weight is 437 g/mol. The molecule has 0 bridgehead atoms. The van der Waals surface area contributed by atoms with E-state index in [9.17, 15) is 8.76 Å². The maximum Gasteiger partial charge on any atom is 0.159 e. The van der Waals surface area contributed by atoms with E-state index >= 15 is 0 Å². The van der Waals surface area contributed by atoms with E-state index in [1.807, 2.05) is 30.6 Å². The molecule has 0 N–H and O–H groups in total. The first kappa shape index (κ1) is 21.6. The van der Waals surface area contributed by atoms with Crippen molar-refractivity contribution < 1.29 is 13.5 Å². The molecule has 1 atom stereocenters. The smallest absolute Gasteiger partial charge is 0.159 e. The number of ether oxygens (including phenoxy) is 1. The maximum atomic E-state index is 11.1. The summed E-state index contributed by atoms with van der Waals surface area (Å²) in [6, 6.07) is 14.3. The SMILES string of the molecule is CCc1cnc(-c2ccc(CCCOc3ccc4c(c3)CCN(S(=O)[O-])C4)cc2)nc1. The molecule has 2 aromatic carbocycles. The second-order valence-corrected chi connectivity index (χ2v) is 8.63. The molecule has 31 heavy (non-hydrogen) atoms. The summed E-state index contributed by atoms with van der Waals surface area (Å²) in [6.45, 7) is 3.70. The summed E-state index contributed by atoms with van der Waals surface area (Å²) in [7, 11) is 0. The molecule has 0 radical (unpaired) electrons. The number of hydrogen-bond acceptors (Lipinski definition) is 5. The fourth-order valence-corrected chi connectivity index (χ4v) is 4.18. The molecule has 1 aliphatic heterocycles. The van der Waals surface area contributed by atoms with Crippen LogP contribution in [-0.2, 0) is 37.1 Å². The minimum atomic E-state index is -2.16. The summed E-state index contributed by atoms with van der Waals surface area (Å²) in [4.78, 5) is 8.87. The molecule has 1 aliphatic rings. The maximum absolute atomic E-state index is 11.1. The zero-order valence-electron chi connectivity index (χ0n) is 17.6. The predicted molar refractivity (Wildman–Crippen MR) is 120 cm³/mol. The van der Waals surface area contributed by atoms with E-state index in [-0.39, 0.29) is 0 Å². The van der Waals surface area contributed by atoms with E-state index < -0.39 is 11.3 Å². The van der Waals surface area contributed by atoms with Crippen LogP contribution in [0.3, 0.4) is 0 Å². The van der Waals surface area contributed by atoms with Gasteiger partial charge in [-0.3, -0.25) is 4.21 Å². The fraction of sp³-hybridized carbons (Fsp3) is 0.333. The number of benzene rings is 2. The zero-order valence-corrected chi connectivity index (χ0v) is 18.4. The molecule has 4 rings (SSSR count). The molecule has 0 fully saturated rings. The summed E-state index contributed by atoms with van der Waals surface area (Å²) >= 11 is -2.16. The molecule has 1 unspecified atom stereocenters. The van der Waals surface area contributed by atoms with Crippen LogP contribution in [0, 0.1) is 0 Å². The van der Waals surface area contributed by atoms with Crippen molar-refractivity contribution in [3.05, 3.63) is 77.1 Å². The lowest BCUT2D eigenvalue weighted by molar-refractivity contribution is 0.309. The second kappa shape index (κ2) is 10.1. The third-order valence-electron chi connectivity index (χ3n) is 5.57. The lowest BCUT2D eigenvalue weighted by Gasteiger charge is -2.29. The van der Waals surface area contributed by atoms with Crippen molar-refractivity contribution in [1.29, 1.82) is 0 Å². The summed E-state index contributed by atoms with van der Waals surface area (Å²) in [5, 5.41) is 0. The first-order valence-electron chi connectivity index (χ1n) is 10.6. The summed E-state index contributed by atoms with van der Waals surface area (Å²) in [5.74, 6) is 1.60. The van der Waals surface area contributed by atoms with E-state index in [0.717, 1.165) is 53.9 Å². The molecule has 0 saturated heterocycles. The van der Waals surface area contributed by atoms with Gasteiger partial charge < -0.3 is 9.29 Å². The standard InChI is InChI=1S/C24H27N3O3S/c1-2-18-15-25-24(26-16-18)20-7-5-19(6-8-20)4-3-13-30-23-10-9-22-17-27(31(28)29)12-11-21(22)14-23/h5-10,14-16H,2-4,11-13,17H2,1H3,(H,28,29)/p-1. The highest BCUT2D eigenvalue weighted by atomic mass is 32.2. The Morgan fingerprint density at radius 1 is 1.06 bits per heavy atom. The van der Waals surface area contributed by atoms with Gasteiger partial charge in [0.25, 0.3) is 0 Å². The van der Waals surface area contributed by atoms with Crippen LogP contribution >= 0.6 is 0 Å². The third kappa shape index (κ3) is 5.55. The molecule has 7 heteroatoms. The first-order chi connectivity index (χ1) is 15.1. The molecular weight excluding hydrogens is 410 g/mol. The quantitative estimate of drug-likeness (QED) is 0.396. The van der Waals surface area contributed by atoms with Crippen molar-refractivity contribution >= 4 is 11.3 Å². The number of fused-ring (bicyclic) bond motifs is 1. The van der Waals surface area contributed by atoms with Crippen LogP contribution in [0.15, 0.2) is 54.9 Å². The molecule has 2 heterocycles. The monoisotopic (exact) mass is 436 g/mol. The zero-order chi connectivity index (χ0) is 21.6. The molecule has 0 saturated carbocycles. The average Bonchev–Trinajstić information content (AvgIpc) is 2.82. The Labute approximate surface area is 185 Å². The number of rotatable bonds is 8. The van der Waals surface area contributed by atoms with Crippen LogP contribution in [-0.4, -0.2) is 36.2 Å². The molecule has 0 aliphatic carbocycles. The van der Waals surface area contributed by atoms with Gasteiger partial charge in [0.1, 0.15) is 5.75 Å². The van der Waals surface area contributed by atoms with E-state index in [2.05, 4.69) is 41.2 Å². The van der Waals surface area contributed by atoms with Crippen LogP contribution < -0.4 is 4.74 Å². The van der Waals surface area contributed by atoms with Gasteiger partial charge in [-0.15, -0.1) is 0 Å². The first-order valence-corrected chi connectivity index (χ1v) is 11.6. The van der Waals surface area contributed by atoms with Crippen LogP contribution in [0.25, 0.3) is 11.4 Å². The number of nitrogens with zero attached hydrogens (tertiary/aromatic N) is 3. The van der Waals surface area contributed by atoms with Crippen LogP contribution in [0.4, 0.5) is 0 Å². The molecule has 0 amide bonds. The number of aromatic nitrogens is 2. The van der Waals surface area contributed by atoms with Crippen molar-refractivity contribution in [2.75, 3.05) is 13.2 Å². The van der Waals surface area contributed by atoms with Crippen molar-refractivity contribution in [1.82, 2.24) is 14.3 Å². The normalized spacial score (nSPS) is 14.8. The third-order valence-corrected chi connectivity index (χ3v) is 6.30.